The van der Waals surface area contributed by atoms with Crippen LogP contribution in [0.2, 0.25) is 5.04 Å². The Labute approximate surface area is 192 Å². The lowest BCUT2D eigenvalue weighted by Gasteiger charge is -2.43. The van der Waals surface area contributed by atoms with Crippen molar-refractivity contribution in [3.63, 3.8) is 0 Å². The second-order valence-corrected chi connectivity index (χ2v) is 14.9. The molecule has 0 aliphatic heterocycles. The van der Waals surface area contributed by atoms with Gasteiger partial charge in [-0.15, -0.1) is 0 Å². The lowest BCUT2D eigenvalue weighted by molar-refractivity contribution is -0.124. The number of rotatable bonds is 7. The summed E-state index contributed by atoms with van der Waals surface area (Å²) in [6.07, 6.45) is 0.651. The minimum absolute atomic E-state index is 0.0525. The largest absolute Gasteiger partial charge is 0.444 e. The summed E-state index contributed by atoms with van der Waals surface area (Å²) >= 11 is 0. The summed E-state index contributed by atoms with van der Waals surface area (Å²) < 4.78 is 12.1. The van der Waals surface area contributed by atoms with Crippen molar-refractivity contribution in [3.05, 3.63) is 60.7 Å². The molecule has 0 heterocycles. The normalized spacial score (nSPS) is 15.7. The first-order chi connectivity index (χ1) is 14.9. The fourth-order valence-corrected chi connectivity index (χ4v) is 8.67. The van der Waals surface area contributed by atoms with Crippen molar-refractivity contribution < 1.29 is 18.8 Å². The van der Waals surface area contributed by atoms with Gasteiger partial charge in [0.2, 0.25) is 0 Å². The summed E-state index contributed by atoms with van der Waals surface area (Å²) in [7, 11) is -2.81. The number of alkyl carbamates (subject to hydrolysis) is 1. The van der Waals surface area contributed by atoms with Crippen molar-refractivity contribution in [2.24, 2.45) is 0 Å². The first-order valence-electron chi connectivity index (χ1n) is 11.2. The molecule has 2 aromatic carbocycles. The molecule has 1 saturated carbocycles. The molecule has 1 fully saturated rings. The maximum Gasteiger partial charge on any atom is 0.408 e. The number of amides is 1. The third-order valence-electron chi connectivity index (χ3n) is 5.86. The molecule has 0 saturated heterocycles. The van der Waals surface area contributed by atoms with Crippen LogP contribution in [0.4, 0.5) is 4.79 Å². The highest BCUT2D eigenvalue weighted by Crippen LogP contribution is 2.39. The van der Waals surface area contributed by atoms with Crippen LogP contribution in [0.25, 0.3) is 0 Å². The lowest BCUT2D eigenvalue weighted by Crippen LogP contribution is -2.67. The number of hydrogen-bond donors (Lipinski definition) is 1. The predicted molar refractivity (Wildman–Crippen MR) is 130 cm³/mol. The maximum absolute atomic E-state index is 13.3. The van der Waals surface area contributed by atoms with Crippen LogP contribution in [0.15, 0.2) is 60.7 Å². The highest BCUT2D eigenvalue weighted by molar-refractivity contribution is 6.99. The summed E-state index contributed by atoms with van der Waals surface area (Å²) in [6, 6.07) is 20.4. The van der Waals surface area contributed by atoms with E-state index < -0.39 is 25.6 Å². The monoisotopic (exact) mass is 453 g/mol. The van der Waals surface area contributed by atoms with Crippen molar-refractivity contribution in [1.29, 1.82) is 0 Å². The van der Waals surface area contributed by atoms with Gasteiger partial charge in [0, 0.05) is 0 Å². The van der Waals surface area contributed by atoms with Crippen LogP contribution in [0.3, 0.4) is 0 Å². The maximum atomic E-state index is 13.3. The third-order valence-corrected chi connectivity index (χ3v) is 10.8. The zero-order valence-electron chi connectivity index (χ0n) is 20.0. The standard InChI is InChI=1S/C26H35NO4Si/c1-24(2,3)31-23(29)27-26(17-18-26)22(28)19-30-32(25(4,5)6,20-13-9-7-10-14-20)21-15-11-8-12-16-21/h7-16H,17-19H2,1-6H3,(H,27,29). The van der Waals surface area contributed by atoms with Crippen LogP contribution in [0, 0.1) is 0 Å². The minimum atomic E-state index is -2.81. The molecular weight excluding hydrogens is 418 g/mol. The minimum Gasteiger partial charge on any atom is -0.444 e. The van der Waals surface area contributed by atoms with E-state index in [9.17, 15) is 9.59 Å². The fourth-order valence-electron chi connectivity index (χ4n) is 4.17. The smallest absolute Gasteiger partial charge is 0.408 e. The van der Waals surface area contributed by atoms with Gasteiger partial charge >= 0.3 is 6.09 Å². The van der Waals surface area contributed by atoms with Gasteiger partial charge < -0.3 is 14.5 Å². The van der Waals surface area contributed by atoms with E-state index in [-0.39, 0.29) is 17.4 Å². The topological polar surface area (TPSA) is 64.6 Å². The number of ether oxygens (including phenoxy) is 1. The number of Topliss-reactive ketones (excluding diaryl/α,β-unsaturated/α-hetero) is 1. The summed E-state index contributed by atoms with van der Waals surface area (Å²) in [5, 5.41) is 4.83. The van der Waals surface area contributed by atoms with Crippen molar-refractivity contribution in [2.75, 3.05) is 6.61 Å². The number of nitrogens with one attached hydrogen (secondary N) is 1. The number of benzene rings is 2. The van der Waals surface area contributed by atoms with Crippen molar-refractivity contribution in [1.82, 2.24) is 5.32 Å². The van der Waals surface area contributed by atoms with E-state index in [1.165, 1.54) is 0 Å². The molecular formula is C26H35NO4Si. The SMILES string of the molecule is CC(C)(C)OC(=O)NC1(C(=O)CO[Si](c2ccccc2)(c2ccccc2)C(C)(C)C)CC1. The molecule has 5 nitrogen and oxygen atoms in total. The number of hydrogen-bond acceptors (Lipinski definition) is 4. The van der Waals surface area contributed by atoms with Gasteiger partial charge in [0.15, 0.2) is 5.78 Å². The van der Waals surface area contributed by atoms with Gasteiger partial charge in [0.05, 0.1) is 6.61 Å². The highest BCUT2D eigenvalue weighted by atomic mass is 28.4. The van der Waals surface area contributed by atoms with Crippen LogP contribution in [-0.2, 0) is 14.0 Å². The van der Waals surface area contributed by atoms with E-state index in [1.807, 2.05) is 36.4 Å². The van der Waals surface area contributed by atoms with E-state index in [0.717, 1.165) is 10.4 Å². The molecule has 0 radical (unpaired) electrons. The van der Waals surface area contributed by atoms with Crippen molar-refractivity contribution in [2.45, 2.75) is 70.6 Å². The second-order valence-electron chi connectivity index (χ2n) is 10.6. The summed E-state index contributed by atoms with van der Waals surface area (Å²) in [4.78, 5) is 25.6. The zero-order chi connectivity index (χ0) is 23.6. The summed E-state index contributed by atoms with van der Waals surface area (Å²) in [6.45, 7) is 11.9. The molecule has 0 atom stereocenters. The molecule has 0 unspecified atom stereocenters. The molecule has 1 aliphatic rings. The van der Waals surface area contributed by atoms with E-state index >= 15 is 0 Å². The zero-order valence-corrected chi connectivity index (χ0v) is 21.0. The molecule has 0 spiro atoms. The Balaban J connectivity index is 1.88. The van der Waals surface area contributed by atoms with Gasteiger partial charge in [-0.2, -0.15) is 0 Å². The molecule has 0 bridgehead atoms. The third kappa shape index (κ3) is 5.13. The highest BCUT2D eigenvalue weighted by Gasteiger charge is 2.54. The first kappa shape index (κ1) is 24.2. The summed E-state index contributed by atoms with van der Waals surface area (Å²) in [5.74, 6) is -0.101. The molecule has 2 aromatic rings. The second kappa shape index (κ2) is 8.83. The Morgan fingerprint density at radius 1 is 0.875 bits per heavy atom. The molecule has 172 valence electrons. The Bertz CT molecular complexity index is 902. The van der Waals surface area contributed by atoms with E-state index in [1.54, 1.807) is 20.8 Å². The Morgan fingerprint density at radius 3 is 1.72 bits per heavy atom. The molecule has 32 heavy (non-hydrogen) atoms. The summed E-state index contributed by atoms with van der Waals surface area (Å²) in [5.41, 5.74) is -1.50. The quantitative estimate of drug-likeness (QED) is 0.639. The Kier molecular flexibility index (Phi) is 6.68. The Morgan fingerprint density at radius 2 is 1.34 bits per heavy atom. The number of ketones is 1. The molecule has 6 heteroatoms. The molecule has 3 rings (SSSR count). The lowest BCUT2D eigenvalue weighted by atomic mass is 10.1. The first-order valence-corrected chi connectivity index (χ1v) is 13.1. The van der Waals surface area contributed by atoms with Crippen LogP contribution in [0.5, 0.6) is 0 Å². The van der Waals surface area contributed by atoms with E-state index in [4.69, 9.17) is 9.16 Å². The van der Waals surface area contributed by atoms with E-state index in [0.29, 0.717) is 12.8 Å². The van der Waals surface area contributed by atoms with Gasteiger partial charge in [-0.25, -0.2) is 4.79 Å². The van der Waals surface area contributed by atoms with Crippen LogP contribution < -0.4 is 15.7 Å². The molecule has 1 aliphatic carbocycles. The van der Waals surface area contributed by atoms with Crippen molar-refractivity contribution in [3.8, 4) is 0 Å². The number of carbonyl (C=O) groups excluding carboxylic acids is 2. The van der Waals surface area contributed by atoms with Crippen LogP contribution in [0.1, 0.15) is 54.4 Å². The van der Waals surface area contributed by atoms with Gasteiger partial charge in [0.1, 0.15) is 11.1 Å². The Hall–Kier alpha value is -2.44. The van der Waals surface area contributed by atoms with Gasteiger partial charge in [-0.3, -0.25) is 4.79 Å². The van der Waals surface area contributed by atoms with Gasteiger partial charge in [-0.05, 0) is 49.0 Å². The number of carbonyl (C=O) groups is 2. The van der Waals surface area contributed by atoms with Crippen molar-refractivity contribution >= 4 is 30.6 Å². The van der Waals surface area contributed by atoms with Gasteiger partial charge in [-0.1, -0.05) is 81.4 Å². The van der Waals surface area contributed by atoms with Gasteiger partial charge in [0.25, 0.3) is 8.32 Å². The molecule has 1 amide bonds. The average molecular weight is 454 g/mol. The average Bonchev–Trinajstić information content (AvgIpc) is 3.48. The predicted octanol–water partition coefficient (Wildman–Crippen LogP) is 4.19. The fraction of sp³-hybridized carbons (Fsp3) is 0.462. The van der Waals surface area contributed by atoms with E-state index in [2.05, 4.69) is 50.4 Å². The van der Waals surface area contributed by atoms with Crippen LogP contribution >= 0.6 is 0 Å². The molecule has 1 N–H and O–H groups in total. The van der Waals surface area contributed by atoms with Crippen LogP contribution in [-0.4, -0.2) is 37.9 Å². The molecule has 0 aromatic heterocycles.